The first-order chi connectivity index (χ1) is 19.9. The number of Topliss-reactive ketones (excluding diaryl/α,β-unsaturated/α-hetero) is 1. The Morgan fingerprint density at radius 3 is 2.85 bits per heavy atom. The third-order valence-electron chi connectivity index (χ3n) is 7.70. The molecule has 2 N–H and O–H groups in total. The lowest BCUT2D eigenvalue weighted by Crippen LogP contribution is -2.48. The molecule has 0 radical (unpaired) electrons. The van der Waals surface area contributed by atoms with Crippen LogP contribution in [0.15, 0.2) is 54.6 Å². The molecule has 3 heterocycles. The lowest BCUT2D eigenvalue weighted by molar-refractivity contribution is -0.122. The van der Waals surface area contributed by atoms with Crippen LogP contribution in [-0.4, -0.2) is 64.5 Å². The molecule has 0 saturated carbocycles. The molecule has 41 heavy (non-hydrogen) atoms. The third-order valence-corrected chi connectivity index (χ3v) is 7.70. The second kappa shape index (κ2) is 11.2. The maximum absolute atomic E-state index is 14.0. The number of nitrogens with one attached hydrogen (secondary N) is 2. The second-order valence-electron chi connectivity index (χ2n) is 10.5. The molecule has 3 aromatic carbocycles. The van der Waals surface area contributed by atoms with E-state index in [2.05, 4.69) is 21.4 Å². The summed E-state index contributed by atoms with van der Waals surface area (Å²) in [6, 6.07) is 15.4. The SMILES string of the molecule is Cc1cc(-c2ccc3[nH]c(NCCF)nc3c2)cc2c1OCCN(C(=O)N1CCC(=O)CC1c1cccc(F)c1)C2. The molecule has 10 heteroatoms. The van der Waals surface area contributed by atoms with Gasteiger partial charge < -0.3 is 24.8 Å². The molecule has 1 saturated heterocycles. The molecule has 212 valence electrons. The number of hydrogen-bond donors (Lipinski definition) is 2. The minimum Gasteiger partial charge on any atom is -0.491 e. The van der Waals surface area contributed by atoms with E-state index in [9.17, 15) is 18.4 Å². The van der Waals surface area contributed by atoms with E-state index in [-0.39, 0.29) is 37.7 Å². The van der Waals surface area contributed by atoms with Crippen LogP contribution in [0.3, 0.4) is 0 Å². The highest BCUT2D eigenvalue weighted by Gasteiger charge is 2.35. The van der Waals surface area contributed by atoms with Crippen molar-refractivity contribution >= 4 is 28.8 Å². The van der Waals surface area contributed by atoms with Gasteiger partial charge in [-0.25, -0.2) is 18.6 Å². The Labute approximate surface area is 236 Å². The van der Waals surface area contributed by atoms with Gasteiger partial charge in [0, 0.05) is 31.5 Å². The van der Waals surface area contributed by atoms with E-state index in [1.54, 1.807) is 21.9 Å². The van der Waals surface area contributed by atoms with Gasteiger partial charge in [-0.15, -0.1) is 0 Å². The molecule has 2 amide bonds. The highest BCUT2D eigenvalue weighted by atomic mass is 19.1. The van der Waals surface area contributed by atoms with Gasteiger partial charge in [0.15, 0.2) is 0 Å². The predicted octanol–water partition coefficient (Wildman–Crippen LogP) is 5.78. The number of imidazole rings is 1. The average molecular weight is 560 g/mol. The molecule has 8 nitrogen and oxygen atoms in total. The van der Waals surface area contributed by atoms with Crippen molar-refractivity contribution in [3.8, 4) is 16.9 Å². The standard InChI is InChI=1S/C31H31F2N5O3/c1-19-13-22(20-5-6-26-27(16-20)36-30(35-26)34-9-8-32)14-23-18-37(11-12-41-29(19)23)31(40)38-10-7-25(39)17-28(38)21-3-2-4-24(33)15-21/h2-6,13-16,28H,7-12,17-18H2,1H3,(H2,34,35,36). The van der Waals surface area contributed by atoms with Crippen LogP contribution in [0.2, 0.25) is 0 Å². The van der Waals surface area contributed by atoms with Gasteiger partial charge in [-0.1, -0.05) is 18.2 Å². The molecule has 0 aliphatic carbocycles. The second-order valence-corrected chi connectivity index (χ2v) is 10.5. The van der Waals surface area contributed by atoms with Crippen molar-refractivity contribution in [3.63, 3.8) is 0 Å². The van der Waals surface area contributed by atoms with Gasteiger partial charge in [-0.05, 0) is 65.6 Å². The number of carbonyl (C=O) groups excluding carboxylic acids is 2. The molecule has 2 aliphatic heterocycles. The minimum atomic E-state index is -0.513. The molecule has 2 aliphatic rings. The predicted molar refractivity (Wildman–Crippen MR) is 152 cm³/mol. The Balaban J connectivity index is 1.28. The van der Waals surface area contributed by atoms with Gasteiger partial charge >= 0.3 is 6.03 Å². The maximum Gasteiger partial charge on any atom is 0.320 e. The summed E-state index contributed by atoms with van der Waals surface area (Å²) < 4.78 is 32.7. The number of ketones is 1. The van der Waals surface area contributed by atoms with Crippen LogP contribution >= 0.6 is 0 Å². The fourth-order valence-corrected chi connectivity index (χ4v) is 5.73. The van der Waals surface area contributed by atoms with Crippen molar-refractivity contribution in [2.24, 2.45) is 0 Å². The number of fused-ring (bicyclic) bond motifs is 2. The Hall–Kier alpha value is -4.47. The van der Waals surface area contributed by atoms with Crippen LogP contribution in [0.1, 0.15) is 35.6 Å². The molecule has 6 rings (SSSR count). The number of amides is 2. The van der Waals surface area contributed by atoms with E-state index >= 15 is 0 Å². The van der Waals surface area contributed by atoms with Crippen LogP contribution in [0, 0.1) is 12.7 Å². The molecule has 4 aromatic rings. The highest BCUT2D eigenvalue weighted by Crippen LogP contribution is 2.36. The molecule has 1 atom stereocenters. The number of alkyl halides is 1. The van der Waals surface area contributed by atoms with E-state index in [0.29, 0.717) is 31.2 Å². The number of ether oxygens (including phenoxy) is 1. The number of likely N-dealkylation sites (tertiary alicyclic amines) is 1. The van der Waals surface area contributed by atoms with Gasteiger partial charge in [0.05, 0.1) is 30.2 Å². The van der Waals surface area contributed by atoms with Crippen molar-refractivity contribution < 1.29 is 23.1 Å². The smallest absolute Gasteiger partial charge is 0.320 e. The van der Waals surface area contributed by atoms with Gasteiger partial charge in [0.25, 0.3) is 0 Å². The molecule has 1 aromatic heterocycles. The van der Waals surface area contributed by atoms with Crippen LogP contribution in [0.5, 0.6) is 5.75 Å². The van der Waals surface area contributed by atoms with E-state index in [0.717, 1.165) is 39.0 Å². The number of halogens is 2. The van der Waals surface area contributed by atoms with Gasteiger partial charge in [-0.3, -0.25) is 4.79 Å². The van der Waals surface area contributed by atoms with E-state index in [4.69, 9.17) is 4.74 Å². The lowest BCUT2D eigenvalue weighted by atomic mass is 9.94. The Kier molecular flexibility index (Phi) is 7.30. The summed E-state index contributed by atoms with van der Waals surface area (Å²) in [6.45, 7) is 3.03. The first kappa shape index (κ1) is 26.7. The Morgan fingerprint density at radius 1 is 1.15 bits per heavy atom. The van der Waals surface area contributed by atoms with Crippen molar-refractivity contribution in [2.75, 3.05) is 38.2 Å². The Bertz CT molecular complexity index is 1620. The Morgan fingerprint density at radius 2 is 2.02 bits per heavy atom. The summed E-state index contributed by atoms with van der Waals surface area (Å²) in [4.78, 5) is 37.4. The number of piperidine rings is 1. The number of aryl methyl sites for hydroxylation is 1. The zero-order valence-corrected chi connectivity index (χ0v) is 22.8. The molecule has 1 fully saturated rings. The normalized spacial score (nSPS) is 17.2. The largest absolute Gasteiger partial charge is 0.491 e. The first-order valence-electron chi connectivity index (χ1n) is 13.8. The molecule has 0 bridgehead atoms. The van der Waals surface area contributed by atoms with Gasteiger partial charge in [-0.2, -0.15) is 0 Å². The quantitative estimate of drug-likeness (QED) is 0.324. The number of benzene rings is 3. The van der Waals surface area contributed by atoms with Gasteiger partial charge in [0.1, 0.15) is 30.6 Å². The van der Waals surface area contributed by atoms with Crippen molar-refractivity contribution in [1.29, 1.82) is 0 Å². The van der Waals surface area contributed by atoms with Gasteiger partial charge in [0.2, 0.25) is 5.95 Å². The molecular weight excluding hydrogens is 528 g/mol. The lowest BCUT2D eigenvalue weighted by Gasteiger charge is -2.38. The fourth-order valence-electron chi connectivity index (χ4n) is 5.73. The first-order valence-corrected chi connectivity index (χ1v) is 13.8. The van der Waals surface area contributed by atoms with Crippen LogP contribution in [0.25, 0.3) is 22.2 Å². The summed E-state index contributed by atoms with van der Waals surface area (Å²) in [6.07, 6.45) is 0.447. The fraction of sp³-hybridized carbons (Fsp3) is 0.323. The summed E-state index contributed by atoms with van der Waals surface area (Å²) in [5.74, 6) is 0.949. The van der Waals surface area contributed by atoms with Crippen molar-refractivity contribution in [1.82, 2.24) is 19.8 Å². The highest BCUT2D eigenvalue weighted by molar-refractivity contribution is 5.85. The number of nitrogens with zero attached hydrogens (tertiary/aromatic N) is 3. The van der Waals surface area contributed by atoms with Crippen LogP contribution in [0.4, 0.5) is 19.5 Å². The number of H-pyrrole nitrogens is 1. The number of carbonyl (C=O) groups is 2. The number of urea groups is 1. The topological polar surface area (TPSA) is 90.6 Å². The number of rotatable bonds is 5. The molecule has 1 unspecified atom stereocenters. The summed E-state index contributed by atoms with van der Waals surface area (Å²) in [5, 5.41) is 2.92. The summed E-state index contributed by atoms with van der Waals surface area (Å²) in [7, 11) is 0. The minimum absolute atomic E-state index is 0.0623. The summed E-state index contributed by atoms with van der Waals surface area (Å²) in [5.41, 5.74) is 5.97. The zero-order valence-electron chi connectivity index (χ0n) is 22.8. The molecular formula is C31H31F2N5O3. The van der Waals surface area contributed by atoms with Crippen LogP contribution < -0.4 is 10.1 Å². The van der Waals surface area contributed by atoms with Crippen molar-refractivity contribution in [2.45, 2.75) is 32.4 Å². The number of anilines is 1. The van der Waals surface area contributed by atoms with Crippen molar-refractivity contribution in [3.05, 3.63) is 77.1 Å². The number of hydrogen-bond acceptors (Lipinski definition) is 5. The van der Waals surface area contributed by atoms with E-state index in [1.165, 1.54) is 12.1 Å². The average Bonchev–Trinajstić information content (AvgIpc) is 3.25. The number of aromatic nitrogens is 2. The molecule has 0 spiro atoms. The maximum atomic E-state index is 14.0. The third kappa shape index (κ3) is 5.46. The summed E-state index contributed by atoms with van der Waals surface area (Å²) >= 11 is 0. The monoisotopic (exact) mass is 559 g/mol. The van der Waals surface area contributed by atoms with E-state index in [1.807, 2.05) is 31.2 Å². The van der Waals surface area contributed by atoms with Crippen LogP contribution in [-0.2, 0) is 11.3 Å². The number of aromatic amines is 1. The van der Waals surface area contributed by atoms with E-state index < -0.39 is 18.5 Å². The zero-order chi connectivity index (χ0) is 28.5.